The van der Waals surface area contributed by atoms with E-state index in [1.807, 2.05) is 24.5 Å². The van der Waals surface area contributed by atoms with E-state index >= 15 is 0 Å². The second-order valence-electron chi connectivity index (χ2n) is 10.5. The van der Waals surface area contributed by atoms with Gasteiger partial charge >= 0.3 is 5.69 Å². The molecule has 0 spiro atoms. The molecule has 10 heteroatoms. The highest BCUT2D eigenvalue weighted by molar-refractivity contribution is 5.96. The Morgan fingerprint density at radius 2 is 1.84 bits per heavy atom. The highest BCUT2D eigenvalue weighted by Crippen LogP contribution is 2.37. The number of halogens is 1. The standard InChI is InChI=1S/C27H32N6O3.ClH/c1-17(2)10-12-31-23-24(29-26(31)30-13-11-19-14-28-15-21(19)30)33(20-8-9-20)27(36)32(25(23)35)16-22(34)18-6-4-3-5-7-18;/h3-7,10,19-21,28H,8-9,11-16H2,1-2H3;1H. The van der Waals surface area contributed by atoms with Gasteiger partial charge in [0.15, 0.2) is 16.9 Å². The number of hydrogen-bond acceptors (Lipinski definition) is 6. The summed E-state index contributed by atoms with van der Waals surface area (Å²) in [5, 5.41) is 3.48. The Bertz CT molecular complexity index is 1480. The monoisotopic (exact) mass is 524 g/mol. The van der Waals surface area contributed by atoms with Crippen LogP contribution in [0.4, 0.5) is 5.95 Å². The molecule has 4 heterocycles. The van der Waals surface area contributed by atoms with Gasteiger partial charge in [-0.1, -0.05) is 42.0 Å². The van der Waals surface area contributed by atoms with Crippen LogP contribution in [-0.4, -0.2) is 50.1 Å². The highest BCUT2D eigenvalue weighted by atomic mass is 35.5. The summed E-state index contributed by atoms with van der Waals surface area (Å²) in [5.41, 5.74) is 1.58. The summed E-state index contributed by atoms with van der Waals surface area (Å²) < 4.78 is 4.75. The number of allylic oxidation sites excluding steroid dienone is 2. The van der Waals surface area contributed by atoms with Gasteiger partial charge in [0.2, 0.25) is 5.95 Å². The molecule has 2 aliphatic heterocycles. The molecule has 37 heavy (non-hydrogen) atoms. The van der Waals surface area contributed by atoms with Gasteiger partial charge in [-0.15, -0.1) is 12.4 Å². The smallest absolute Gasteiger partial charge is 0.333 e. The van der Waals surface area contributed by atoms with Gasteiger partial charge in [0.1, 0.15) is 0 Å². The summed E-state index contributed by atoms with van der Waals surface area (Å²) in [7, 11) is 0. The lowest BCUT2D eigenvalue weighted by molar-refractivity contribution is 0.0968. The molecule has 1 aromatic carbocycles. The van der Waals surface area contributed by atoms with E-state index in [4.69, 9.17) is 4.98 Å². The molecule has 196 valence electrons. The number of Topliss-reactive ketones (excluding diaryl/α,β-unsaturated/α-hetero) is 1. The second kappa shape index (κ2) is 9.95. The SMILES string of the molecule is CC(C)=CCn1c(N2CCC3CNCC32)nc2c1c(=O)n(CC(=O)c1ccccc1)c(=O)n2C1CC1.Cl. The first-order chi connectivity index (χ1) is 17.4. The van der Waals surface area contributed by atoms with Crippen molar-refractivity contribution in [2.24, 2.45) is 5.92 Å². The summed E-state index contributed by atoms with van der Waals surface area (Å²) in [6.07, 6.45) is 4.90. The van der Waals surface area contributed by atoms with Gasteiger partial charge < -0.3 is 14.8 Å². The van der Waals surface area contributed by atoms with E-state index in [1.54, 1.807) is 28.8 Å². The van der Waals surface area contributed by atoms with Crippen molar-refractivity contribution in [3.63, 3.8) is 0 Å². The zero-order valence-corrected chi connectivity index (χ0v) is 22.0. The molecule has 9 nitrogen and oxygen atoms in total. The largest absolute Gasteiger partial charge is 0.338 e. The summed E-state index contributed by atoms with van der Waals surface area (Å²) in [6, 6.07) is 9.16. The molecule has 2 saturated heterocycles. The van der Waals surface area contributed by atoms with Crippen LogP contribution in [0.2, 0.25) is 0 Å². The van der Waals surface area contributed by atoms with Gasteiger partial charge in [-0.2, -0.15) is 4.98 Å². The maximum Gasteiger partial charge on any atom is 0.333 e. The Labute approximate surface area is 221 Å². The predicted molar refractivity (Wildman–Crippen MR) is 146 cm³/mol. The van der Waals surface area contributed by atoms with Crippen molar-refractivity contribution < 1.29 is 4.79 Å². The molecule has 2 atom stereocenters. The zero-order chi connectivity index (χ0) is 25.0. The number of anilines is 1. The lowest BCUT2D eigenvalue weighted by Gasteiger charge is -2.25. The average Bonchev–Trinajstić information content (AvgIpc) is 3.28. The minimum Gasteiger partial charge on any atom is -0.338 e. The molecular weight excluding hydrogens is 492 g/mol. The number of fused-ring (bicyclic) bond motifs is 2. The van der Waals surface area contributed by atoms with Crippen LogP contribution in [0.3, 0.4) is 0 Å². The van der Waals surface area contributed by atoms with E-state index in [-0.39, 0.29) is 30.8 Å². The second-order valence-corrected chi connectivity index (χ2v) is 10.5. The molecule has 0 radical (unpaired) electrons. The first-order valence-electron chi connectivity index (χ1n) is 12.9. The maximum atomic E-state index is 13.9. The third-order valence-corrected chi connectivity index (χ3v) is 7.74. The first-order valence-corrected chi connectivity index (χ1v) is 12.9. The fourth-order valence-corrected chi connectivity index (χ4v) is 5.67. The van der Waals surface area contributed by atoms with Gasteiger partial charge in [0.05, 0.1) is 6.54 Å². The van der Waals surface area contributed by atoms with Crippen molar-refractivity contribution in [1.82, 2.24) is 24.0 Å². The molecule has 2 aromatic heterocycles. The van der Waals surface area contributed by atoms with Gasteiger partial charge in [-0.05, 0) is 39.0 Å². The van der Waals surface area contributed by atoms with Gasteiger partial charge in [-0.25, -0.2) is 4.79 Å². The Balaban J connectivity index is 0.00000280. The molecule has 3 fully saturated rings. The van der Waals surface area contributed by atoms with Crippen molar-refractivity contribution in [2.45, 2.75) is 58.3 Å². The molecule has 0 amide bonds. The van der Waals surface area contributed by atoms with E-state index in [1.165, 1.54) is 0 Å². The van der Waals surface area contributed by atoms with Crippen molar-refractivity contribution >= 4 is 35.3 Å². The molecule has 3 aliphatic rings. The van der Waals surface area contributed by atoms with E-state index in [0.717, 1.165) is 55.0 Å². The number of carbonyl (C=O) groups is 1. The number of carbonyl (C=O) groups excluding carboxylic acids is 1. The lowest BCUT2D eigenvalue weighted by atomic mass is 10.1. The topological polar surface area (TPSA) is 94.2 Å². The van der Waals surface area contributed by atoms with Crippen LogP contribution in [0.1, 0.15) is 49.5 Å². The fraction of sp³-hybridized carbons (Fsp3) is 0.481. The van der Waals surface area contributed by atoms with Crippen LogP contribution in [0.25, 0.3) is 11.2 Å². The number of nitrogens with zero attached hydrogens (tertiary/aromatic N) is 5. The number of aromatic nitrogens is 4. The molecule has 6 rings (SSSR count). The molecule has 0 bridgehead atoms. The van der Waals surface area contributed by atoms with Gasteiger partial charge in [0, 0.05) is 43.8 Å². The molecule has 1 N–H and O–H groups in total. The Morgan fingerprint density at radius 1 is 1.08 bits per heavy atom. The van der Waals surface area contributed by atoms with Crippen LogP contribution in [0.15, 0.2) is 51.6 Å². The number of ketones is 1. The minimum absolute atomic E-state index is 0. The summed E-state index contributed by atoms with van der Waals surface area (Å²) >= 11 is 0. The number of rotatable bonds is 7. The van der Waals surface area contributed by atoms with Crippen molar-refractivity contribution in [3.8, 4) is 0 Å². The maximum absolute atomic E-state index is 13.9. The molecule has 3 aromatic rings. The average molecular weight is 525 g/mol. The highest BCUT2D eigenvalue weighted by Gasteiger charge is 2.40. The van der Waals surface area contributed by atoms with Crippen LogP contribution >= 0.6 is 12.4 Å². The Kier molecular flexibility index (Phi) is 6.85. The first kappa shape index (κ1) is 25.5. The van der Waals surface area contributed by atoms with Crippen LogP contribution in [0, 0.1) is 5.92 Å². The normalized spacial score (nSPS) is 20.6. The number of nitrogens with one attached hydrogen (secondary N) is 1. The lowest BCUT2D eigenvalue weighted by Crippen LogP contribution is -2.42. The van der Waals surface area contributed by atoms with E-state index in [9.17, 15) is 14.4 Å². The summed E-state index contributed by atoms with van der Waals surface area (Å²) in [4.78, 5) is 47.9. The Hall–Kier alpha value is -3.17. The summed E-state index contributed by atoms with van der Waals surface area (Å²) in [6.45, 7) is 7.03. The minimum atomic E-state index is -0.447. The van der Waals surface area contributed by atoms with Crippen molar-refractivity contribution in [2.75, 3.05) is 24.5 Å². The van der Waals surface area contributed by atoms with E-state index in [0.29, 0.717) is 35.2 Å². The number of hydrogen-bond donors (Lipinski definition) is 1. The third-order valence-electron chi connectivity index (χ3n) is 7.74. The van der Waals surface area contributed by atoms with Crippen LogP contribution in [0.5, 0.6) is 0 Å². The summed E-state index contributed by atoms with van der Waals surface area (Å²) in [5.74, 6) is 1.05. The van der Waals surface area contributed by atoms with E-state index in [2.05, 4.69) is 16.3 Å². The zero-order valence-electron chi connectivity index (χ0n) is 21.2. The predicted octanol–water partition coefficient (Wildman–Crippen LogP) is 2.76. The molecular formula is C27H33ClN6O3. The van der Waals surface area contributed by atoms with Gasteiger partial charge in [0.25, 0.3) is 5.56 Å². The third kappa shape index (κ3) is 4.44. The molecule has 2 unspecified atom stereocenters. The molecule has 1 saturated carbocycles. The van der Waals surface area contributed by atoms with Crippen molar-refractivity contribution in [3.05, 3.63) is 68.4 Å². The Morgan fingerprint density at radius 3 is 2.54 bits per heavy atom. The van der Waals surface area contributed by atoms with E-state index < -0.39 is 11.2 Å². The van der Waals surface area contributed by atoms with Crippen molar-refractivity contribution in [1.29, 1.82) is 0 Å². The van der Waals surface area contributed by atoms with Crippen LogP contribution in [-0.2, 0) is 13.1 Å². The number of benzene rings is 1. The quantitative estimate of drug-likeness (QED) is 0.377. The van der Waals surface area contributed by atoms with Gasteiger partial charge in [-0.3, -0.25) is 18.7 Å². The molecule has 1 aliphatic carbocycles. The number of imidazole rings is 1. The fourth-order valence-electron chi connectivity index (χ4n) is 5.67. The van der Waals surface area contributed by atoms with Crippen LogP contribution < -0.4 is 21.5 Å².